The zero-order valence-electron chi connectivity index (χ0n) is 11.9. The van der Waals surface area contributed by atoms with Gasteiger partial charge >= 0.3 is 0 Å². The van der Waals surface area contributed by atoms with Gasteiger partial charge in [0.1, 0.15) is 6.67 Å². The van der Waals surface area contributed by atoms with Gasteiger partial charge in [0.05, 0.1) is 5.71 Å². The first-order chi connectivity index (χ1) is 8.76. The summed E-state index contributed by atoms with van der Waals surface area (Å²) in [6.45, 7) is 10.7. The number of nitrogens with zero attached hydrogens (tertiary/aromatic N) is 2. The van der Waals surface area contributed by atoms with Gasteiger partial charge in [0.15, 0.2) is 0 Å². The van der Waals surface area contributed by atoms with Crippen molar-refractivity contribution in [2.24, 2.45) is 4.99 Å². The number of aliphatic imine (C=N–C) groups is 1. The van der Waals surface area contributed by atoms with Gasteiger partial charge in [-0.2, -0.15) is 0 Å². The second-order valence-electron chi connectivity index (χ2n) is 5.11. The maximum atomic E-state index is 4.68. The number of allylic oxidation sites excluding steroid dienone is 2. The fourth-order valence-electron chi connectivity index (χ4n) is 2.68. The summed E-state index contributed by atoms with van der Waals surface area (Å²) in [5.41, 5.74) is 5.42. The van der Waals surface area contributed by atoms with Gasteiger partial charge in [0.2, 0.25) is 0 Å². The first kappa shape index (κ1) is 13.3. The van der Waals surface area contributed by atoms with Gasteiger partial charge in [-0.05, 0) is 31.9 Å². The molecule has 0 unspecified atom stereocenters. The monoisotopic (exact) mass is 247 g/mol. The lowest BCUT2D eigenvalue weighted by Crippen LogP contribution is -2.33. The standard InChI is InChI=1S/C15H25N3/c1-4-6-8-18-9-7-13(5-2)15-12(3)16-11-17-14(15)10-18/h7,16H,4-6,8-11H2,1-3H3. The van der Waals surface area contributed by atoms with Crippen LogP contribution in [-0.2, 0) is 0 Å². The molecule has 100 valence electrons. The van der Waals surface area contributed by atoms with E-state index in [0.29, 0.717) is 0 Å². The van der Waals surface area contributed by atoms with Gasteiger partial charge in [0, 0.05) is 24.4 Å². The first-order valence-corrected chi connectivity index (χ1v) is 7.16. The normalized spacial score (nSPS) is 20.8. The quantitative estimate of drug-likeness (QED) is 0.827. The molecule has 0 saturated heterocycles. The molecule has 0 aromatic carbocycles. The molecule has 2 aliphatic heterocycles. The lowest BCUT2D eigenvalue weighted by atomic mass is 9.96. The van der Waals surface area contributed by atoms with Crippen molar-refractivity contribution in [2.75, 3.05) is 26.3 Å². The molecule has 0 atom stereocenters. The molecule has 0 aliphatic carbocycles. The molecule has 18 heavy (non-hydrogen) atoms. The summed E-state index contributed by atoms with van der Waals surface area (Å²) in [6, 6.07) is 0. The Morgan fingerprint density at radius 3 is 2.94 bits per heavy atom. The van der Waals surface area contributed by atoms with Crippen molar-refractivity contribution in [1.82, 2.24) is 10.2 Å². The highest BCUT2D eigenvalue weighted by molar-refractivity contribution is 6.06. The van der Waals surface area contributed by atoms with Crippen molar-refractivity contribution >= 4 is 5.71 Å². The largest absolute Gasteiger partial charge is 0.369 e. The van der Waals surface area contributed by atoms with E-state index < -0.39 is 0 Å². The molecule has 2 heterocycles. The molecule has 3 nitrogen and oxygen atoms in total. The Bertz CT molecular complexity index is 391. The van der Waals surface area contributed by atoms with E-state index >= 15 is 0 Å². The second kappa shape index (κ2) is 6.19. The Kier molecular flexibility index (Phi) is 4.59. The Hall–Kier alpha value is -1.09. The van der Waals surface area contributed by atoms with Crippen LogP contribution in [0, 0.1) is 0 Å². The van der Waals surface area contributed by atoms with Crippen molar-refractivity contribution in [3.05, 3.63) is 22.9 Å². The molecule has 0 aromatic rings. The topological polar surface area (TPSA) is 27.6 Å². The SMILES string of the molecule is CCCCN1CC=C(CC)C2=C(C)NCN=C2C1. The van der Waals surface area contributed by atoms with Gasteiger partial charge in [-0.25, -0.2) is 0 Å². The van der Waals surface area contributed by atoms with Crippen molar-refractivity contribution in [3.63, 3.8) is 0 Å². The molecule has 0 amide bonds. The molecular formula is C15H25N3. The van der Waals surface area contributed by atoms with Crippen molar-refractivity contribution in [2.45, 2.75) is 40.0 Å². The van der Waals surface area contributed by atoms with E-state index in [4.69, 9.17) is 0 Å². The number of hydrogen-bond acceptors (Lipinski definition) is 3. The lowest BCUT2D eigenvalue weighted by molar-refractivity contribution is 0.338. The summed E-state index contributed by atoms with van der Waals surface area (Å²) in [4.78, 5) is 7.20. The van der Waals surface area contributed by atoms with Gasteiger partial charge in [-0.3, -0.25) is 9.89 Å². The van der Waals surface area contributed by atoms with E-state index in [1.165, 1.54) is 41.9 Å². The summed E-state index contributed by atoms with van der Waals surface area (Å²) in [5, 5.41) is 3.36. The summed E-state index contributed by atoms with van der Waals surface area (Å²) in [7, 11) is 0. The summed E-state index contributed by atoms with van der Waals surface area (Å²) < 4.78 is 0. The number of nitrogens with one attached hydrogen (secondary N) is 1. The molecule has 0 fully saturated rings. The fraction of sp³-hybridized carbons (Fsp3) is 0.667. The predicted octanol–water partition coefficient (Wildman–Crippen LogP) is 2.71. The first-order valence-electron chi connectivity index (χ1n) is 7.16. The molecule has 0 saturated carbocycles. The van der Waals surface area contributed by atoms with Crippen LogP contribution in [0.25, 0.3) is 0 Å². The summed E-state index contributed by atoms with van der Waals surface area (Å²) in [5.74, 6) is 0. The zero-order valence-corrected chi connectivity index (χ0v) is 11.9. The molecular weight excluding hydrogens is 222 g/mol. The van der Waals surface area contributed by atoms with Crippen LogP contribution in [0.4, 0.5) is 0 Å². The molecule has 0 aromatic heterocycles. The second-order valence-corrected chi connectivity index (χ2v) is 5.11. The van der Waals surface area contributed by atoms with E-state index in [1.807, 2.05) is 0 Å². The van der Waals surface area contributed by atoms with Gasteiger partial charge in [0.25, 0.3) is 0 Å². The number of unbranched alkanes of at least 4 members (excludes halogenated alkanes) is 1. The van der Waals surface area contributed by atoms with Crippen molar-refractivity contribution in [3.8, 4) is 0 Å². The van der Waals surface area contributed by atoms with Crippen LogP contribution >= 0.6 is 0 Å². The number of hydrogen-bond donors (Lipinski definition) is 1. The van der Waals surface area contributed by atoms with Crippen LogP contribution in [0.2, 0.25) is 0 Å². The third-order valence-corrected chi connectivity index (χ3v) is 3.78. The molecule has 3 heteroatoms. The van der Waals surface area contributed by atoms with Gasteiger partial charge < -0.3 is 5.32 Å². The highest BCUT2D eigenvalue weighted by Crippen LogP contribution is 2.24. The minimum atomic E-state index is 0.739. The third-order valence-electron chi connectivity index (χ3n) is 3.78. The van der Waals surface area contributed by atoms with E-state index in [2.05, 4.69) is 42.1 Å². The van der Waals surface area contributed by atoms with Gasteiger partial charge in [-0.1, -0.05) is 26.3 Å². The molecule has 2 aliphatic rings. The lowest BCUT2D eigenvalue weighted by Gasteiger charge is -2.23. The van der Waals surface area contributed by atoms with E-state index in [1.54, 1.807) is 0 Å². The van der Waals surface area contributed by atoms with Crippen LogP contribution in [0.3, 0.4) is 0 Å². The molecule has 0 radical (unpaired) electrons. The van der Waals surface area contributed by atoms with E-state index in [-0.39, 0.29) is 0 Å². The van der Waals surface area contributed by atoms with E-state index in [9.17, 15) is 0 Å². The Morgan fingerprint density at radius 2 is 2.22 bits per heavy atom. The summed E-state index contributed by atoms with van der Waals surface area (Å²) in [6.07, 6.45) is 6.02. The molecule has 1 N–H and O–H groups in total. The van der Waals surface area contributed by atoms with Crippen LogP contribution in [0.15, 0.2) is 27.9 Å². The van der Waals surface area contributed by atoms with Crippen LogP contribution in [-0.4, -0.2) is 36.9 Å². The fourth-order valence-corrected chi connectivity index (χ4v) is 2.68. The van der Waals surface area contributed by atoms with Crippen LogP contribution in [0.1, 0.15) is 40.0 Å². The number of fused-ring (bicyclic) bond motifs is 1. The van der Waals surface area contributed by atoms with E-state index in [0.717, 1.165) is 26.2 Å². The smallest absolute Gasteiger partial charge is 0.107 e. The minimum absolute atomic E-state index is 0.739. The molecule has 0 spiro atoms. The highest BCUT2D eigenvalue weighted by Gasteiger charge is 2.22. The van der Waals surface area contributed by atoms with Crippen molar-refractivity contribution in [1.29, 1.82) is 0 Å². The van der Waals surface area contributed by atoms with Crippen LogP contribution in [0.5, 0.6) is 0 Å². The number of rotatable bonds is 4. The molecule has 0 bridgehead atoms. The maximum Gasteiger partial charge on any atom is 0.107 e. The maximum absolute atomic E-state index is 4.68. The zero-order chi connectivity index (χ0) is 13.0. The average molecular weight is 247 g/mol. The van der Waals surface area contributed by atoms with Crippen LogP contribution < -0.4 is 5.32 Å². The Balaban J connectivity index is 2.22. The minimum Gasteiger partial charge on any atom is -0.369 e. The third kappa shape index (κ3) is 2.83. The predicted molar refractivity (Wildman–Crippen MR) is 77.9 cm³/mol. The molecule has 2 rings (SSSR count). The Morgan fingerprint density at radius 1 is 1.39 bits per heavy atom. The average Bonchev–Trinajstić information content (AvgIpc) is 2.56. The summed E-state index contributed by atoms with van der Waals surface area (Å²) >= 11 is 0. The Labute approximate surface area is 111 Å². The highest BCUT2D eigenvalue weighted by atomic mass is 15.1. The van der Waals surface area contributed by atoms with Crippen molar-refractivity contribution < 1.29 is 0 Å². The van der Waals surface area contributed by atoms with Gasteiger partial charge in [-0.15, -0.1) is 0 Å².